The second kappa shape index (κ2) is 5.93. The fraction of sp³-hybridized carbons (Fsp3) is 0.231. The third-order valence-electron chi connectivity index (χ3n) is 2.47. The van der Waals surface area contributed by atoms with Crippen LogP contribution in [0.5, 0.6) is 0 Å². The highest BCUT2D eigenvalue weighted by Gasteiger charge is 2.05. The van der Waals surface area contributed by atoms with Gasteiger partial charge in [0.1, 0.15) is 5.82 Å². The molecule has 0 fully saturated rings. The van der Waals surface area contributed by atoms with Crippen LogP contribution in [-0.4, -0.2) is 9.97 Å². The van der Waals surface area contributed by atoms with Crippen molar-refractivity contribution in [2.24, 2.45) is 5.73 Å². The summed E-state index contributed by atoms with van der Waals surface area (Å²) < 4.78 is 13.7. The van der Waals surface area contributed by atoms with Crippen LogP contribution in [0.15, 0.2) is 35.7 Å². The number of halogens is 1. The molecule has 2 N–H and O–H groups in total. The Balaban J connectivity index is 2.04. The summed E-state index contributed by atoms with van der Waals surface area (Å²) in [6.07, 6.45) is 3.51. The van der Waals surface area contributed by atoms with Crippen molar-refractivity contribution in [2.45, 2.75) is 24.4 Å². The van der Waals surface area contributed by atoms with Crippen molar-refractivity contribution in [1.82, 2.24) is 9.97 Å². The Kier molecular flexibility index (Phi) is 4.28. The third-order valence-corrected chi connectivity index (χ3v) is 3.39. The molecule has 0 saturated carbocycles. The van der Waals surface area contributed by atoms with E-state index >= 15 is 0 Å². The lowest BCUT2D eigenvalue weighted by molar-refractivity contribution is 0.615. The van der Waals surface area contributed by atoms with Gasteiger partial charge >= 0.3 is 0 Å². The summed E-state index contributed by atoms with van der Waals surface area (Å²) in [6.45, 7) is 2.28. The summed E-state index contributed by atoms with van der Waals surface area (Å²) in [5.41, 5.74) is 7.91. The topological polar surface area (TPSA) is 51.8 Å². The average molecular weight is 263 g/mol. The molecule has 0 amide bonds. The fourth-order valence-corrected chi connectivity index (χ4v) is 2.21. The first kappa shape index (κ1) is 13.0. The molecule has 0 unspecified atom stereocenters. The molecule has 18 heavy (non-hydrogen) atoms. The Morgan fingerprint density at radius 1 is 1.28 bits per heavy atom. The maximum atomic E-state index is 13.7. The van der Waals surface area contributed by atoms with Gasteiger partial charge in [-0.2, -0.15) is 0 Å². The zero-order valence-corrected chi connectivity index (χ0v) is 10.9. The van der Waals surface area contributed by atoms with Crippen LogP contribution in [0.4, 0.5) is 4.39 Å². The molecule has 0 saturated heterocycles. The third kappa shape index (κ3) is 3.27. The van der Waals surface area contributed by atoms with Gasteiger partial charge in [0.25, 0.3) is 0 Å². The number of aryl methyl sites for hydroxylation is 1. The van der Waals surface area contributed by atoms with E-state index in [9.17, 15) is 4.39 Å². The van der Waals surface area contributed by atoms with Gasteiger partial charge in [0.2, 0.25) is 0 Å². The van der Waals surface area contributed by atoms with Crippen LogP contribution in [0.1, 0.15) is 16.7 Å². The van der Waals surface area contributed by atoms with E-state index < -0.39 is 0 Å². The minimum Gasteiger partial charge on any atom is -0.326 e. The van der Waals surface area contributed by atoms with E-state index in [2.05, 4.69) is 9.97 Å². The minimum atomic E-state index is -0.224. The first-order valence-electron chi connectivity index (χ1n) is 5.58. The van der Waals surface area contributed by atoms with Crippen molar-refractivity contribution in [2.75, 3.05) is 0 Å². The maximum absolute atomic E-state index is 13.7. The minimum absolute atomic E-state index is 0.224. The molecule has 1 aromatic heterocycles. The molecule has 0 spiro atoms. The molecule has 2 rings (SSSR count). The molecule has 2 aromatic rings. The van der Waals surface area contributed by atoms with Crippen LogP contribution in [0.3, 0.4) is 0 Å². The molecule has 5 heteroatoms. The van der Waals surface area contributed by atoms with Gasteiger partial charge in [0.05, 0.1) is 0 Å². The predicted molar refractivity (Wildman–Crippen MR) is 70.6 cm³/mol. The molecule has 0 atom stereocenters. The first-order chi connectivity index (χ1) is 8.69. The molecule has 94 valence electrons. The zero-order valence-electron chi connectivity index (χ0n) is 10.1. The molecule has 3 nitrogen and oxygen atoms in total. The molecule has 0 aliphatic heterocycles. The van der Waals surface area contributed by atoms with Crippen LogP contribution >= 0.6 is 11.8 Å². The normalized spacial score (nSPS) is 10.6. The summed E-state index contributed by atoms with van der Waals surface area (Å²) >= 11 is 1.42. The van der Waals surface area contributed by atoms with Crippen LogP contribution in [0.2, 0.25) is 0 Å². The smallest absolute Gasteiger partial charge is 0.187 e. The highest BCUT2D eigenvalue weighted by atomic mass is 32.2. The van der Waals surface area contributed by atoms with Gasteiger partial charge in [-0.15, -0.1) is 0 Å². The molecule has 1 heterocycles. The highest BCUT2D eigenvalue weighted by molar-refractivity contribution is 7.98. The van der Waals surface area contributed by atoms with Gasteiger partial charge in [-0.1, -0.05) is 23.9 Å². The Morgan fingerprint density at radius 3 is 2.61 bits per heavy atom. The van der Waals surface area contributed by atoms with Gasteiger partial charge in [0.15, 0.2) is 5.16 Å². The molecule has 0 bridgehead atoms. The van der Waals surface area contributed by atoms with Gasteiger partial charge < -0.3 is 5.73 Å². The van der Waals surface area contributed by atoms with Crippen LogP contribution in [-0.2, 0) is 12.3 Å². The van der Waals surface area contributed by atoms with E-state index in [-0.39, 0.29) is 5.82 Å². The number of benzene rings is 1. The molecule has 0 radical (unpaired) electrons. The number of hydrogen-bond acceptors (Lipinski definition) is 4. The SMILES string of the molecule is Cc1cnc(SCc2ccc(CN)cc2F)nc1. The predicted octanol–water partition coefficient (Wildman–Crippen LogP) is 2.68. The van der Waals surface area contributed by atoms with E-state index in [0.29, 0.717) is 23.0 Å². The number of rotatable bonds is 4. The van der Waals surface area contributed by atoms with Crippen molar-refractivity contribution in [3.63, 3.8) is 0 Å². The van der Waals surface area contributed by atoms with Crippen LogP contribution in [0, 0.1) is 12.7 Å². The summed E-state index contributed by atoms with van der Waals surface area (Å²) in [7, 11) is 0. The van der Waals surface area contributed by atoms with Crippen molar-refractivity contribution >= 4 is 11.8 Å². The average Bonchev–Trinajstić information content (AvgIpc) is 2.39. The molecule has 0 aliphatic carbocycles. The van der Waals surface area contributed by atoms with Crippen molar-refractivity contribution < 1.29 is 4.39 Å². The Morgan fingerprint density at radius 2 is 2.00 bits per heavy atom. The standard InChI is InChI=1S/C13H14FN3S/c1-9-6-16-13(17-7-9)18-8-11-3-2-10(5-15)4-12(11)14/h2-4,6-7H,5,8,15H2,1H3. The van der Waals surface area contributed by atoms with Crippen LogP contribution in [0.25, 0.3) is 0 Å². The number of thioether (sulfide) groups is 1. The van der Waals surface area contributed by atoms with E-state index in [4.69, 9.17) is 5.73 Å². The van der Waals surface area contributed by atoms with E-state index in [1.807, 2.05) is 13.0 Å². The summed E-state index contributed by atoms with van der Waals surface area (Å²) in [5.74, 6) is 0.289. The Hall–Kier alpha value is -1.46. The molecule has 0 aliphatic rings. The van der Waals surface area contributed by atoms with Gasteiger partial charge in [0, 0.05) is 24.7 Å². The number of hydrogen-bond donors (Lipinski definition) is 1. The summed E-state index contributed by atoms with van der Waals surface area (Å²) in [5, 5.41) is 0.655. The second-order valence-corrected chi connectivity index (χ2v) is 4.90. The zero-order chi connectivity index (χ0) is 13.0. The van der Waals surface area contributed by atoms with E-state index in [1.54, 1.807) is 18.5 Å². The summed E-state index contributed by atoms with van der Waals surface area (Å²) in [6, 6.07) is 5.08. The van der Waals surface area contributed by atoms with Gasteiger partial charge in [-0.05, 0) is 29.7 Å². The second-order valence-electron chi connectivity index (χ2n) is 3.96. The lowest BCUT2D eigenvalue weighted by atomic mass is 10.1. The van der Waals surface area contributed by atoms with Crippen molar-refractivity contribution in [3.05, 3.63) is 53.1 Å². The lowest BCUT2D eigenvalue weighted by Gasteiger charge is -2.04. The van der Waals surface area contributed by atoms with Crippen LogP contribution < -0.4 is 5.73 Å². The number of aromatic nitrogens is 2. The molecular formula is C13H14FN3S. The van der Waals surface area contributed by atoms with Gasteiger partial charge in [-0.3, -0.25) is 0 Å². The monoisotopic (exact) mass is 263 g/mol. The Labute approximate surface area is 110 Å². The maximum Gasteiger partial charge on any atom is 0.187 e. The largest absolute Gasteiger partial charge is 0.326 e. The van der Waals surface area contributed by atoms with Crippen molar-refractivity contribution in [1.29, 1.82) is 0 Å². The quantitative estimate of drug-likeness (QED) is 0.680. The van der Waals surface area contributed by atoms with Gasteiger partial charge in [-0.25, -0.2) is 14.4 Å². The van der Waals surface area contributed by atoms with Crippen molar-refractivity contribution in [3.8, 4) is 0 Å². The lowest BCUT2D eigenvalue weighted by Crippen LogP contribution is -1.98. The number of nitrogens with two attached hydrogens (primary N) is 1. The fourth-order valence-electron chi connectivity index (χ4n) is 1.43. The Bertz CT molecular complexity index is 528. The highest BCUT2D eigenvalue weighted by Crippen LogP contribution is 2.21. The van der Waals surface area contributed by atoms with E-state index in [1.165, 1.54) is 17.8 Å². The summed E-state index contributed by atoms with van der Waals surface area (Å²) in [4.78, 5) is 8.33. The van der Waals surface area contributed by atoms with E-state index in [0.717, 1.165) is 11.1 Å². The number of nitrogens with zero attached hydrogens (tertiary/aromatic N) is 2. The first-order valence-corrected chi connectivity index (χ1v) is 6.56. The molecule has 1 aromatic carbocycles. The molecular weight excluding hydrogens is 249 g/mol.